The lowest BCUT2D eigenvalue weighted by molar-refractivity contribution is 0.159. The number of unbranched alkanes of at least 4 members (excludes halogenated alkanes) is 2. The first-order chi connectivity index (χ1) is 7.77. The zero-order valence-electron chi connectivity index (χ0n) is 10.4. The van der Waals surface area contributed by atoms with Crippen LogP contribution in [0, 0.1) is 0 Å². The molecule has 1 unspecified atom stereocenters. The zero-order valence-corrected chi connectivity index (χ0v) is 10.4. The number of hydrogen-bond acceptors (Lipinski definition) is 2. The maximum atomic E-state index is 9.94. The third kappa shape index (κ3) is 4.31. The highest BCUT2D eigenvalue weighted by Crippen LogP contribution is 2.17. The Kier molecular flexibility index (Phi) is 6.09. The Morgan fingerprint density at radius 2 is 1.94 bits per heavy atom. The fraction of sp³-hybridized carbons (Fsp3) is 0.643. The van der Waals surface area contributed by atoms with Gasteiger partial charge in [-0.2, -0.15) is 0 Å². The predicted molar refractivity (Wildman–Crippen MR) is 67.3 cm³/mol. The molecule has 0 amide bonds. The highest BCUT2D eigenvalue weighted by molar-refractivity contribution is 5.13. The molecule has 0 saturated heterocycles. The fourth-order valence-corrected chi connectivity index (χ4v) is 1.73. The van der Waals surface area contributed by atoms with Crippen molar-refractivity contribution in [2.24, 2.45) is 0 Å². The first-order valence-electron chi connectivity index (χ1n) is 6.41. The lowest BCUT2D eigenvalue weighted by Gasteiger charge is -2.10. The summed E-state index contributed by atoms with van der Waals surface area (Å²) in [5, 5.41) is 9.94. The summed E-state index contributed by atoms with van der Waals surface area (Å²) in [6.45, 7) is 4.32. The Morgan fingerprint density at radius 3 is 2.62 bits per heavy atom. The standard InChI is InChI=1S/C14H23NO/c1-3-5-8-12-9-7-10-13(15-12)14(16)11-6-4-2/h7,9-10,14,16H,3-6,8,11H2,1-2H3. The van der Waals surface area contributed by atoms with Crippen LogP contribution in [0.5, 0.6) is 0 Å². The molecule has 1 aromatic rings. The number of nitrogens with zero attached hydrogens (tertiary/aromatic N) is 1. The summed E-state index contributed by atoms with van der Waals surface area (Å²) in [6, 6.07) is 5.98. The lowest BCUT2D eigenvalue weighted by Crippen LogP contribution is -2.02. The van der Waals surface area contributed by atoms with E-state index in [4.69, 9.17) is 0 Å². The molecule has 1 heterocycles. The lowest BCUT2D eigenvalue weighted by atomic mass is 10.1. The largest absolute Gasteiger partial charge is 0.387 e. The minimum absolute atomic E-state index is 0.387. The summed E-state index contributed by atoms with van der Waals surface area (Å²) < 4.78 is 0. The van der Waals surface area contributed by atoms with E-state index in [1.165, 1.54) is 12.8 Å². The van der Waals surface area contributed by atoms with Crippen molar-refractivity contribution in [2.45, 2.75) is 58.5 Å². The summed E-state index contributed by atoms with van der Waals surface area (Å²) in [4.78, 5) is 4.51. The average molecular weight is 221 g/mol. The van der Waals surface area contributed by atoms with Crippen LogP contribution in [-0.2, 0) is 6.42 Å². The number of aryl methyl sites for hydroxylation is 1. The van der Waals surface area contributed by atoms with Crippen molar-refractivity contribution in [1.82, 2.24) is 4.98 Å². The van der Waals surface area contributed by atoms with Crippen molar-refractivity contribution in [2.75, 3.05) is 0 Å². The maximum absolute atomic E-state index is 9.94. The van der Waals surface area contributed by atoms with Gasteiger partial charge in [-0.25, -0.2) is 0 Å². The SMILES string of the molecule is CCCCc1cccc(C(O)CCCC)n1. The van der Waals surface area contributed by atoms with Crippen molar-refractivity contribution in [3.63, 3.8) is 0 Å². The second kappa shape index (κ2) is 7.39. The van der Waals surface area contributed by atoms with Crippen LogP contribution in [-0.4, -0.2) is 10.1 Å². The van der Waals surface area contributed by atoms with Crippen LogP contribution in [0.4, 0.5) is 0 Å². The van der Waals surface area contributed by atoms with Gasteiger partial charge in [0.1, 0.15) is 0 Å². The van der Waals surface area contributed by atoms with E-state index in [0.29, 0.717) is 0 Å². The molecule has 0 aromatic carbocycles. The molecule has 2 heteroatoms. The molecule has 1 N–H and O–H groups in total. The molecule has 0 saturated carbocycles. The van der Waals surface area contributed by atoms with Gasteiger partial charge in [-0.15, -0.1) is 0 Å². The Hall–Kier alpha value is -0.890. The molecule has 1 rings (SSSR count). The minimum atomic E-state index is -0.387. The number of hydrogen-bond donors (Lipinski definition) is 1. The van der Waals surface area contributed by atoms with E-state index in [1.54, 1.807) is 0 Å². The van der Waals surface area contributed by atoms with Crippen molar-refractivity contribution in [3.05, 3.63) is 29.6 Å². The average Bonchev–Trinajstić information content (AvgIpc) is 2.33. The highest BCUT2D eigenvalue weighted by Gasteiger charge is 2.08. The monoisotopic (exact) mass is 221 g/mol. The van der Waals surface area contributed by atoms with Crippen LogP contribution >= 0.6 is 0 Å². The van der Waals surface area contributed by atoms with Crippen LogP contribution in [0.1, 0.15) is 63.4 Å². The molecule has 0 radical (unpaired) electrons. The zero-order chi connectivity index (χ0) is 11.8. The number of rotatable bonds is 7. The first kappa shape index (κ1) is 13.2. The predicted octanol–water partition coefficient (Wildman–Crippen LogP) is 3.65. The second-order valence-corrected chi connectivity index (χ2v) is 4.32. The maximum Gasteiger partial charge on any atom is 0.0959 e. The minimum Gasteiger partial charge on any atom is -0.387 e. The normalized spacial score (nSPS) is 12.7. The van der Waals surface area contributed by atoms with E-state index < -0.39 is 0 Å². The molecule has 2 nitrogen and oxygen atoms in total. The third-order valence-electron chi connectivity index (χ3n) is 2.79. The molecule has 16 heavy (non-hydrogen) atoms. The summed E-state index contributed by atoms with van der Waals surface area (Å²) in [5.41, 5.74) is 1.94. The quantitative estimate of drug-likeness (QED) is 0.762. The van der Waals surface area contributed by atoms with Crippen LogP contribution in [0.25, 0.3) is 0 Å². The topological polar surface area (TPSA) is 33.1 Å². The van der Waals surface area contributed by atoms with Gasteiger partial charge >= 0.3 is 0 Å². The third-order valence-corrected chi connectivity index (χ3v) is 2.79. The van der Waals surface area contributed by atoms with Crippen molar-refractivity contribution in [1.29, 1.82) is 0 Å². The van der Waals surface area contributed by atoms with Gasteiger partial charge in [0, 0.05) is 5.69 Å². The van der Waals surface area contributed by atoms with Gasteiger partial charge in [-0.3, -0.25) is 4.98 Å². The molecular weight excluding hydrogens is 198 g/mol. The second-order valence-electron chi connectivity index (χ2n) is 4.32. The highest BCUT2D eigenvalue weighted by atomic mass is 16.3. The van der Waals surface area contributed by atoms with Gasteiger partial charge in [0.05, 0.1) is 11.8 Å². The van der Waals surface area contributed by atoms with E-state index in [9.17, 15) is 5.11 Å². The van der Waals surface area contributed by atoms with E-state index >= 15 is 0 Å². The van der Waals surface area contributed by atoms with Crippen LogP contribution in [0.3, 0.4) is 0 Å². The summed E-state index contributed by atoms with van der Waals surface area (Å²) in [7, 11) is 0. The Balaban J connectivity index is 2.58. The van der Waals surface area contributed by atoms with Crippen molar-refractivity contribution >= 4 is 0 Å². The van der Waals surface area contributed by atoms with Crippen LogP contribution in [0.2, 0.25) is 0 Å². The molecule has 0 aliphatic carbocycles. The van der Waals surface area contributed by atoms with Gasteiger partial charge in [0.25, 0.3) is 0 Å². The smallest absolute Gasteiger partial charge is 0.0959 e. The number of pyridine rings is 1. The van der Waals surface area contributed by atoms with Crippen LogP contribution in [0.15, 0.2) is 18.2 Å². The first-order valence-corrected chi connectivity index (χ1v) is 6.41. The number of aliphatic hydroxyl groups excluding tert-OH is 1. The van der Waals surface area contributed by atoms with Gasteiger partial charge < -0.3 is 5.11 Å². The summed E-state index contributed by atoms with van der Waals surface area (Å²) in [5.74, 6) is 0. The Labute approximate surface area is 98.7 Å². The fourth-order valence-electron chi connectivity index (χ4n) is 1.73. The van der Waals surface area contributed by atoms with E-state index in [0.717, 1.165) is 37.1 Å². The van der Waals surface area contributed by atoms with Gasteiger partial charge in [-0.1, -0.05) is 39.2 Å². The van der Waals surface area contributed by atoms with Crippen molar-refractivity contribution < 1.29 is 5.11 Å². The molecule has 0 fully saturated rings. The molecule has 0 aliphatic rings. The number of aliphatic hydroxyl groups is 1. The molecule has 0 bridgehead atoms. The van der Waals surface area contributed by atoms with E-state index in [1.807, 2.05) is 18.2 Å². The van der Waals surface area contributed by atoms with Gasteiger partial charge in [-0.05, 0) is 31.4 Å². The molecule has 90 valence electrons. The molecule has 1 atom stereocenters. The molecular formula is C14H23NO. The molecule has 1 aromatic heterocycles. The van der Waals surface area contributed by atoms with Crippen LogP contribution < -0.4 is 0 Å². The molecule has 0 spiro atoms. The summed E-state index contributed by atoms with van der Waals surface area (Å²) in [6.07, 6.45) is 5.98. The Morgan fingerprint density at radius 1 is 1.19 bits per heavy atom. The molecule has 0 aliphatic heterocycles. The van der Waals surface area contributed by atoms with E-state index in [2.05, 4.69) is 18.8 Å². The number of aromatic nitrogens is 1. The van der Waals surface area contributed by atoms with E-state index in [-0.39, 0.29) is 6.10 Å². The summed E-state index contributed by atoms with van der Waals surface area (Å²) >= 11 is 0. The van der Waals surface area contributed by atoms with Gasteiger partial charge in [0.2, 0.25) is 0 Å². The van der Waals surface area contributed by atoms with Crippen molar-refractivity contribution in [3.8, 4) is 0 Å². The van der Waals surface area contributed by atoms with Gasteiger partial charge in [0.15, 0.2) is 0 Å². The Bertz CT molecular complexity index is 299.